The predicted octanol–water partition coefficient (Wildman–Crippen LogP) is 2.56. The average Bonchev–Trinajstić information content (AvgIpc) is 2.63. The molecule has 0 aromatic heterocycles. The van der Waals surface area contributed by atoms with E-state index in [4.69, 9.17) is 4.74 Å². The van der Waals surface area contributed by atoms with Crippen molar-refractivity contribution in [3.05, 3.63) is 73.5 Å². The molecule has 2 unspecified atom stereocenters. The van der Waals surface area contributed by atoms with Gasteiger partial charge >= 0.3 is 0 Å². The Kier molecular flexibility index (Phi) is 7.39. The first kappa shape index (κ1) is 20.6. The van der Waals surface area contributed by atoms with Crippen molar-refractivity contribution in [3.63, 3.8) is 0 Å². The van der Waals surface area contributed by atoms with Crippen molar-refractivity contribution < 1.29 is 23.7 Å². The lowest BCUT2D eigenvalue weighted by Gasteiger charge is -2.27. The van der Waals surface area contributed by atoms with E-state index in [1.165, 1.54) is 11.2 Å². The predicted molar refractivity (Wildman–Crippen MR) is 104 cm³/mol. The number of nitrogens with zero attached hydrogens (tertiary/aromatic N) is 1. The summed E-state index contributed by atoms with van der Waals surface area (Å²) < 4.78 is 30.6. The van der Waals surface area contributed by atoms with Gasteiger partial charge in [0.2, 0.25) is 14.7 Å². The molecule has 140 valence electrons. The van der Waals surface area contributed by atoms with Crippen LogP contribution in [0.15, 0.2) is 73.5 Å². The summed E-state index contributed by atoms with van der Waals surface area (Å²) in [6, 6.07) is 16.6. The van der Waals surface area contributed by atoms with Crippen LogP contribution in [0.4, 0.5) is 0 Å². The van der Waals surface area contributed by atoms with Crippen molar-refractivity contribution in [1.29, 1.82) is 0 Å². The second-order valence-electron chi connectivity index (χ2n) is 5.79. The molecule has 0 saturated carbocycles. The lowest BCUT2D eigenvalue weighted by molar-refractivity contribution is 0.200. The fourth-order valence-electron chi connectivity index (χ4n) is 2.48. The zero-order chi connectivity index (χ0) is 19.0. The molecule has 0 fully saturated rings. The molecule has 2 aromatic carbocycles. The van der Waals surface area contributed by atoms with Crippen molar-refractivity contribution in [2.45, 2.75) is 0 Å². The van der Waals surface area contributed by atoms with Crippen molar-refractivity contribution in [1.82, 2.24) is 4.90 Å². The molecule has 0 aliphatic rings. The van der Waals surface area contributed by atoms with Crippen LogP contribution in [0.5, 0.6) is 0 Å². The van der Waals surface area contributed by atoms with Gasteiger partial charge in [0.05, 0.1) is 25.4 Å². The van der Waals surface area contributed by atoms with E-state index in [0.29, 0.717) is 10.6 Å². The highest BCUT2D eigenvalue weighted by Gasteiger charge is 2.30. The van der Waals surface area contributed by atoms with Crippen LogP contribution < -0.4 is 10.6 Å². The summed E-state index contributed by atoms with van der Waals surface area (Å²) in [6.45, 7) is 3.88. The largest absolute Gasteiger partial charge is 0.500 e. The SMILES string of the molecule is C=COCCN(CP(=O)(O)c1ccccc1)CP(=O)(O)c1ccccc1. The maximum atomic E-state index is 12.8. The zero-order valence-electron chi connectivity index (χ0n) is 14.3. The molecule has 2 atom stereocenters. The van der Waals surface area contributed by atoms with Gasteiger partial charge in [0.15, 0.2) is 0 Å². The van der Waals surface area contributed by atoms with Crippen LogP contribution >= 0.6 is 14.7 Å². The average molecular weight is 395 g/mol. The molecule has 0 bridgehead atoms. The number of rotatable bonds is 10. The molecule has 0 radical (unpaired) electrons. The maximum Gasteiger partial charge on any atom is 0.243 e. The lowest BCUT2D eigenvalue weighted by Crippen LogP contribution is -2.32. The summed E-state index contributed by atoms with van der Waals surface area (Å²) in [4.78, 5) is 22.4. The van der Waals surface area contributed by atoms with E-state index in [1.54, 1.807) is 60.7 Å². The molecule has 0 spiro atoms. The van der Waals surface area contributed by atoms with E-state index in [9.17, 15) is 18.9 Å². The minimum Gasteiger partial charge on any atom is -0.500 e. The standard InChI is InChI=1S/C18H23NO5P2/c1-2-24-14-13-19(15-25(20,21)17-9-5-3-6-10-17)16-26(22,23)18-11-7-4-8-12-18/h2-12H,1,13-16H2,(H,20,21)(H,22,23). The normalized spacial score (nSPS) is 15.8. The summed E-state index contributed by atoms with van der Waals surface area (Å²) in [6.07, 6.45) is 0.785. The van der Waals surface area contributed by atoms with Crippen molar-refractivity contribution in [2.24, 2.45) is 0 Å². The van der Waals surface area contributed by atoms with E-state index < -0.39 is 14.7 Å². The molecule has 0 amide bonds. The van der Waals surface area contributed by atoms with Crippen molar-refractivity contribution in [2.75, 3.05) is 25.7 Å². The Labute approximate surface area is 153 Å². The minimum absolute atomic E-state index is 0.201. The van der Waals surface area contributed by atoms with Gasteiger partial charge in [0.25, 0.3) is 0 Å². The monoisotopic (exact) mass is 395 g/mol. The summed E-state index contributed by atoms with van der Waals surface area (Å²) in [5.41, 5.74) is 0. The van der Waals surface area contributed by atoms with Crippen LogP contribution in [0.3, 0.4) is 0 Å². The third kappa shape index (κ3) is 5.94. The summed E-state index contributed by atoms with van der Waals surface area (Å²) >= 11 is 0. The van der Waals surface area contributed by atoms with E-state index >= 15 is 0 Å². The van der Waals surface area contributed by atoms with Crippen LogP contribution in [-0.2, 0) is 13.9 Å². The molecule has 2 N–H and O–H groups in total. The molecule has 0 saturated heterocycles. The Bertz CT molecular complexity index is 736. The Balaban J connectivity index is 2.19. The van der Waals surface area contributed by atoms with E-state index in [1.807, 2.05) is 0 Å². The van der Waals surface area contributed by atoms with Gasteiger partial charge in [-0.15, -0.1) is 0 Å². The molecule has 6 nitrogen and oxygen atoms in total. The van der Waals surface area contributed by atoms with Gasteiger partial charge < -0.3 is 14.5 Å². The maximum absolute atomic E-state index is 12.8. The molecular weight excluding hydrogens is 372 g/mol. The first-order valence-electron chi connectivity index (χ1n) is 8.05. The second kappa shape index (κ2) is 9.31. The zero-order valence-corrected chi connectivity index (χ0v) is 16.1. The number of ether oxygens (including phenoxy) is 1. The topological polar surface area (TPSA) is 87.1 Å². The Morgan fingerprint density at radius 2 is 1.31 bits per heavy atom. The van der Waals surface area contributed by atoms with Gasteiger partial charge in [-0.2, -0.15) is 0 Å². The van der Waals surface area contributed by atoms with Crippen molar-refractivity contribution in [3.8, 4) is 0 Å². The highest BCUT2D eigenvalue weighted by atomic mass is 31.2. The fourth-order valence-corrected chi connectivity index (χ4v) is 5.81. The van der Waals surface area contributed by atoms with Crippen LogP contribution in [0.1, 0.15) is 0 Å². The summed E-state index contributed by atoms with van der Waals surface area (Å²) in [5.74, 6) is 0. The molecule has 26 heavy (non-hydrogen) atoms. The highest BCUT2D eigenvalue weighted by molar-refractivity contribution is 7.67. The number of benzene rings is 2. The van der Waals surface area contributed by atoms with Crippen LogP contribution in [0, 0.1) is 0 Å². The molecule has 0 aliphatic carbocycles. The minimum atomic E-state index is -3.71. The lowest BCUT2D eigenvalue weighted by atomic mass is 10.4. The molecule has 0 heterocycles. The van der Waals surface area contributed by atoms with Gasteiger partial charge in [-0.3, -0.25) is 14.0 Å². The Morgan fingerprint density at radius 1 is 0.885 bits per heavy atom. The van der Waals surface area contributed by atoms with E-state index in [0.717, 1.165) is 0 Å². The van der Waals surface area contributed by atoms with Gasteiger partial charge in [0, 0.05) is 17.2 Å². The molecule has 0 aliphatic heterocycles. The van der Waals surface area contributed by atoms with Crippen LogP contribution in [0.25, 0.3) is 0 Å². The Hall–Kier alpha value is -1.68. The van der Waals surface area contributed by atoms with Gasteiger partial charge in [-0.1, -0.05) is 43.0 Å². The number of hydrogen-bond acceptors (Lipinski definition) is 4. The molecule has 2 rings (SSSR count). The van der Waals surface area contributed by atoms with Gasteiger partial charge in [-0.25, -0.2) is 0 Å². The summed E-state index contributed by atoms with van der Waals surface area (Å²) in [5, 5.41) is 0.615. The number of hydrogen-bond donors (Lipinski definition) is 2. The van der Waals surface area contributed by atoms with Crippen LogP contribution in [-0.4, -0.2) is 40.4 Å². The highest BCUT2D eigenvalue weighted by Crippen LogP contribution is 2.44. The smallest absolute Gasteiger partial charge is 0.243 e. The third-order valence-corrected chi connectivity index (χ3v) is 7.52. The van der Waals surface area contributed by atoms with Gasteiger partial charge in [0.1, 0.15) is 0 Å². The molecular formula is C18H23NO5P2. The first-order chi connectivity index (χ1) is 12.3. The fraction of sp³-hybridized carbons (Fsp3) is 0.222. The second-order valence-corrected chi connectivity index (χ2v) is 10.2. The van der Waals surface area contributed by atoms with E-state index in [2.05, 4.69) is 6.58 Å². The first-order valence-corrected chi connectivity index (χ1v) is 11.7. The van der Waals surface area contributed by atoms with Gasteiger partial charge in [-0.05, 0) is 24.3 Å². The third-order valence-electron chi connectivity index (χ3n) is 3.75. The molecule has 8 heteroatoms. The summed E-state index contributed by atoms with van der Waals surface area (Å²) in [7, 11) is -7.43. The van der Waals surface area contributed by atoms with Crippen molar-refractivity contribution >= 4 is 25.3 Å². The Morgan fingerprint density at radius 3 is 1.69 bits per heavy atom. The van der Waals surface area contributed by atoms with Crippen LogP contribution in [0.2, 0.25) is 0 Å². The quantitative estimate of drug-likeness (QED) is 0.365. The molecule has 2 aromatic rings. The van der Waals surface area contributed by atoms with E-state index in [-0.39, 0.29) is 25.7 Å².